The lowest BCUT2D eigenvalue weighted by molar-refractivity contribution is -0.130. The molecule has 7 heteroatoms. The molecule has 28 heavy (non-hydrogen) atoms. The Morgan fingerprint density at radius 3 is 2.79 bits per heavy atom. The topological polar surface area (TPSA) is 78.4 Å². The van der Waals surface area contributed by atoms with Gasteiger partial charge in [0.05, 0.1) is 19.9 Å². The van der Waals surface area contributed by atoms with Crippen molar-refractivity contribution in [3.05, 3.63) is 48.0 Å². The second kappa shape index (κ2) is 9.12. The summed E-state index contributed by atoms with van der Waals surface area (Å²) in [6.45, 7) is 4.90. The van der Waals surface area contributed by atoms with E-state index in [0.29, 0.717) is 35.5 Å². The monoisotopic (exact) mass is 384 g/mol. The lowest BCUT2D eigenvalue weighted by Crippen LogP contribution is -2.42. The first-order valence-corrected chi connectivity index (χ1v) is 9.09. The maximum atomic E-state index is 12.2. The van der Waals surface area contributed by atoms with Gasteiger partial charge in [0, 0.05) is 0 Å². The number of nitrogens with one attached hydrogen (secondary N) is 1. The molecule has 3 rings (SSSR count). The van der Waals surface area contributed by atoms with Gasteiger partial charge in [0.2, 0.25) is 6.10 Å². The number of carbonyl (C=O) groups excluding carboxylic acids is 1. The van der Waals surface area contributed by atoms with E-state index in [2.05, 4.69) is 24.4 Å². The van der Waals surface area contributed by atoms with E-state index < -0.39 is 6.10 Å². The van der Waals surface area contributed by atoms with E-state index in [0.717, 1.165) is 5.56 Å². The number of amides is 1. The van der Waals surface area contributed by atoms with Crippen molar-refractivity contribution in [3.63, 3.8) is 0 Å². The Morgan fingerprint density at radius 1 is 1.25 bits per heavy atom. The highest BCUT2D eigenvalue weighted by atomic mass is 16.6. The van der Waals surface area contributed by atoms with E-state index in [1.807, 2.05) is 24.3 Å². The maximum absolute atomic E-state index is 12.2. The quantitative estimate of drug-likeness (QED) is 0.586. The Hall–Kier alpha value is -3.22. The molecule has 0 spiro atoms. The van der Waals surface area contributed by atoms with Crippen LogP contribution in [0.4, 0.5) is 0 Å². The molecule has 0 fully saturated rings. The highest BCUT2D eigenvalue weighted by Crippen LogP contribution is 2.31. The van der Waals surface area contributed by atoms with Crippen LogP contribution in [-0.4, -0.2) is 38.5 Å². The Kier molecular flexibility index (Phi) is 6.37. The summed E-state index contributed by atoms with van der Waals surface area (Å²) < 4.78 is 22.3. The van der Waals surface area contributed by atoms with Crippen LogP contribution in [0.1, 0.15) is 19.4 Å². The minimum Gasteiger partial charge on any atom is -0.493 e. The SMILES string of the molecule is COc1cc(/C=N\NC(=O)[C@@H]2COc3ccccc3O2)ccc1OCC(C)C. The molecule has 1 aliphatic heterocycles. The molecule has 148 valence electrons. The van der Waals surface area contributed by atoms with Crippen LogP contribution < -0.4 is 24.4 Å². The zero-order chi connectivity index (χ0) is 19.9. The number of nitrogens with zero attached hydrogens (tertiary/aromatic N) is 1. The van der Waals surface area contributed by atoms with Crippen LogP contribution in [0.3, 0.4) is 0 Å². The second-order valence-corrected chi connectivity index (χ2v) is 6.71. The van der Waals surface area contributed by atoms with Crippen molar-refractivity contribution in [1.29, 1.82) is 0 Å². The molecule has 0 bridgehead atoms. The molecular weight excluding hydrogens is 360 g/mol. The number of benzene rings is 2. The molecule has 1 N–H and O–H groups in total. The minimum absolute atomic E-state index is 0.133. The van der Waals surface area contributed by atoms with Crippen molar-refractivity contribution in [2.75, 3.05) is 20.3 Å². The van der Waals surface area contributed by atoms with Gasteiger partial charge >= 0.3 is 0 Å². The third-order valence-electron chi connectivity index (χ3n) is 3.95. The highest BCUT2D eigenvalue weighted by Gasteiger charge is 2.26. The van der Waals surface area contributed by atoms with Gasteiger partial charge in [0.15, 0.2) is 23.0 Å². The third-order valence-corrected chi connectivity index (χ3v) is 3.95. The summed E-state index contributed by atoms with van der Waals surface area (Å²) in [6, 6.07) is 12.7. The lowest BCUT2D eigenvalue weighted by atomic mass is 10.2. The predicted molar refractivity (Wildman–Crippen MR) is 105 cm³/mol. The molecule has 0 saturated heterocycles. The predicted octanol–water partition coefficient (Wildman–Crippen LogP) is 3.02. The first-order valence-electron chi connectivity index (χ1n) is 9.09. The van der Waals surface area contributed by atoms with E-state index >= 15 is 0 Å². The third kappa shape index (κ3) is 4.94. The molecule has 1 heterocycles. The van der Waals surface area contributed by atoms with Gasteiger partial charge in [-0.05, 0) is 41.8 Å². The van der Waals surface area contributed by atoms with Crippen molar-refractivity contribution in [2.24, 2.45) is 11.0 Å². The number of para-hydroxylation sites is 2. The average molecular weight is 384 g/mol. The number of hydrogen-bond acceptors (Lipinski definition) is 6. The summed E-state index contributed by atoms with van der Waals surface area (Å²) in [5.41, 5.74) is 3.24. The molecule has 0 saturated carbocycles. The summed E-state index contributed by atoms with van der Waals surface area (Å²) in [5.74, 6) is 2.48. The standard InChI is InChI=1S/C21H24N2O5/c1-14(2)12-26-17-9-8-15(10-19(17)25-3)11-22-23-21(24)20-13-27-16-6-4-5-7-18(16)28-20/h4-11,14,20H,12-13H2,1-3H3,(H,23,24)/b22-11-/t20-/m0/s1. The fourth-order valence-electron chi connectivity index (χ4n) is 2.53. The van der Waals surface area contributed by atoms with Gasteiger partial charge < -0.3 is 18.9 Å². The molecule has 7 nitrogen and oxygen atoms in total. The summed E-state index contributed by atoms with van der Waals surface area (Å²) in [7, 11) is 1.58. The van der Waals surface area contributed by atoms with Crippen LogP contribution in [0.15, 0.2) is 47.6 Å². The Labute approximate surface area is 164 Å². The summed E-state index contributed by atoms with van der Waals surface area (Å²) in [4.78, 5) is 12.2. The molecule has 1 amide bonds. The van der Waals surface area contributed by atoms with Gasteiger partial charge in [0.25, 0.3) is 5.91 Å². The lowest BCUT2D eigenvalue weighted by Gasteiger charge is -2.24. The van der Waals surface area contributed by atoms with Gasteiger partial charge in [-0.2, -0.15) is 5.10 Å². The molecule has 0 aromatic heterocycles. The van der Waals surface area contributed by atoms with Gasteiger partial charge in [0.1, 0.15) is 6.61 Å². The maximum Gasteiger partial charge on any atom is 0.284 e. The number of methoxy groups -OCH3 is 1. The number of hydrazone groups is 1. The van der Waals surface area contributed by atoms with E-state index in [9.17, 15) is 4.79 Å². The van der Waals surface area contributed by atoms with Crippen LogP contribution in [0.2, 0.25) is 0 Å². The Balaban J connectivity index is 1.57. The van der Waals surface area contributed by atoms with Crippen molar-refractivity contribution < 1.29 is 23.7 Å². The first-order chi connectivity index (χ1) is 13.6. The molecular formula is C21H24N2O5. The average Bonchev–Trinajstić information content (AvgIpc) is 2.72. The molecule has 1 aliphatic rings. The zero-order valence-corrected chi connectivity index (χ0v) is 16.2. The van der Waals surface area contributed by atoms with Crippen molar-refractivity contribution in [3.8, 4) is 23.0 Å². The van der Waals surface area contributed by atoms with Crippen molar-refractivity contribution in [2.45, 2.75) is 20.0 Å². The van der Waals surface area contributed by atoms with E-state index in [-0.39, 0.29) is 12.5 Å². The number of ether oxygens (including phenoxy) is 4. The smallest absolute Gasteiger partial charge is 0.284 e. The molecule has 0 radical (unpaired) electrons. The molecule has 2 aromatic rings. The van der Waals surface area contributed by atoms with Crippen molar-refractivity contribution >= 4 is 12.1 Å². The summed E-state index contributed by atoms with van der Waals surface area (Å²) in [6.07, 6.45) is 0.776. The Bertz CT molecular complexity index is 850. The van der Waals surface area contributed by atoms with Crippen LogP contribution in [0, 0.1) is 5.92 Å². The molecule has 1 atom stereocenters. The fourth-order valence-corrected chi connectivity index (χ4v) is 2.53. The van der Waals surface area contributed by atoms with Gasteiger partial charge in [-0.15, -0.1) is 0 Å². The molecule has 0 aliphatic carbocycles. The molecule has 0 unspecified atom stereocenters. The van der Waals surface area contributed by atoms with Gasteiger partial charge in [-0.3, -0.25) is 4.79 Å². The number of fused-ring (bicyclic) bond motifs is 1. The molecule has 2 aromatic carbocycles. The largest absolute Gasteiger partial charge is 0.493 e. The fraction of sp³-hybridized carbons (Fsp3) is 0.333. The number of hydrogen-bond donors (Lipinski definition) is 1. The van der Waals surface area contributed by atoms with E-state index in [4.69, 9.17) is 18.9 Å². The Morgan fingerprint density at radius 2 is 2.04 bits per heavy atom. The van der Waals surface area contributed by atoms with Gasteiger partial charge in [-0.25, -0.2) is 5.43 Å². The minimum atomic E-state index is -0.756. The first kappa shape index (κ1) is 19.5. The van der Waals surface area contributed by atoms with Crippen LogP contribution in [-0.2, 0) is 4.79 Å². The van der Waals surface area contributed by atoms with Crippen molar-refractivity contribution in [1.82, 2.24) is 5.43 Å². The number of rotatable bonds is 7. The highest BCUT2D eigenvalue weighted by molar-refractivity contribution is 5.85. The van der Waals surface area contributed by atoms with E-state index in [1.165, 1.54) is 6.21 Å². The van der Waals surface area contributed by atoms with Crippen LogP contribution >= 0.6 is 0 Å². The second-order valence-electron chi connectivity index (χ2n) is 6.71. The normalized spacial score (nSPS) is 15.5. The van der Waals surface area contributed by atoms with Gasteiger partial charge in [-0.1, -0.05) is 26.0 Å². The van der Waals surface area contributed by atoms with Crippen LogP contribution in [0.5, 0.6) is 23.0 Å². The summed E-state index contributed by atoms with van der Waals surface area (Å²) >= 11 is 0. The summed E-state index contributed by atoms with van der Waals surface area (Å²) in [5, 5.41) is 4.00. The van der Waals surface area contributed by atoms with E-state index in [1.54, 1.807) is 25.3 Å². The zero-order valence-electron chi connectivity index (χ0n) is 16.2. The number of carbonyl (C=O) groups is 1. The van der Waals surface area contributed by atoms with Crippen LogP contribution in [0.25, 0.3) is 0 Å².